The molecule has 0 saturated heterocycles. The first-order chi connectivity index (χ1) is 22.4. The summed E-state index contributed by atoms with van der Waals surface area (Å²) in [7, 11) is 1.78. The van der Waals surface area contributed by atoms with Crippen molar-refractivity contribution in [1.29, 1.82) is 5.26 Å². The summed E-state index contributed by atoms with van der Waals surface area (Å²) in [5.74, 6) is -2.40. The van der Waals surface area contributed by atoms with E-state index in [2.05, 4.69) is 6.07 Å². The van der Waals surface area contributed by atoms with Gasteiger partial charge in [0.2, 0.25) is 5.69 Å². The van der Waals surface area contributed by atoms with E-state index in [-0.39, 0.29) is 57.6 Å². The van der Waals surface area contributed by atoms with Crippen LogP contribution >= 0.6 is 0 Å². The van der Waals surface area contributed by atoms with Crippen LogP contribution < -0.4 is 4.57 Å². The van der Waals surface area contributed by atoms with E-state index in [1.54, 1.807) is 49.9 Å². The molecule has 2 aromatic heterocycles. The van der Waals surface area contributed by atoms with E-state index in [1.807, 2.05) is 19.1 Å². The van der Waals surface area contributed by atoms with E-state index < -0.39 is 18.6 Å². The molecule has 3 aromatic carbocycles. The standard InChI is InChI=1S/C36H37N2O/c1-22(2)31-21-38(5)32(19-24(31)4)33-23(3)11-17-29-30-18-16-28(20-37)34(36(30)39-35(29)33)27-14-12-26(13-15-27)25-9-7-6-8-10-25/h11-19,21-22,25H,6-10H2,1-5H3/q+1/i4D3,12D,13D,14D,15D,22D,25D. The summed E-state index contributed by atoms with van der Waals surface area (Å²) < 4.78 is 87.1. The van der Waals surface area contributed by atoms with Gasteiger partial charge in [-0.25, -0.2) is 4.57 Å². The van der Waals surface area contributed by atoms with Crippen LogP contribution in [0.1, 0.15) is 97.9 Å². The van der Waals surface area contributed by atoms with Gasteiger partial charge >= 0.3 is 0 Å². The molecule has 0 aliphatic heterocycles. The number of fused-ring (bicyclic) bond motifs is 3. The number of aromatic nitrogens is 1. The van der Waals surface area contributed by atoms with Crippen LogP contribution in [0.25, 0.3) is 44.3 Å². The molecule has 0 N–H and O–H groups in total. The zero-order chi connectivity index (χ0) is 35.1. The highest BCUT2D eigenvalue weighted by molar-refractivity contribution is 6.14. The summed E-state index contributed by atoms with van der Waals surface area (Å²) in [5.41, 5.74) is 3.27. The van der Waals surface area contributed by atoms with E-state index in [1.165, 1.54) is 0 Å². The van der Waals surface area contributed by atoms with E-state index in [9.17, 15) is 5.26 Å². The Balaban J connectivity index is 1.68. The van der Waals surface area contributed by atoms with E-state index in [0.29, 0.717) is 46.0 Å². The maximum absolute atomic E-state index is 10.2. The van der Waals surface area contributed by atoms with Crippen molar-refractivity contribution in [3.8, 4) is 28.5 Å². The SMILES string of the molecule is [2H]c1c([2H])c(C2([2H])CCCCC2)c([2H])c([2H])c1-c1c(C#N)ccc2c1oc1c(-c3cc(C([2H])([2H])[2H])c(C([2H])(C)C)c[n+]3C)c(C)ccc12. The van der Waals surface area contributed by atoms with Crippen LogP contribution in [-0.2, 0) is 7.05 Å². The van der Waals surface area contributed by atoms with Crippen molar-refractivity contribution in [2.24, 2.45) is 7.05 Å². The number of aryl methyl sites for hydroxylation is 3. The molecule has 0 bridgehead atoms. The molecule has 3 nitrogen and oxygen atoms in total. The number of pyridine rings is 1. The van der Waals surface area contributed by atoms with Gasteiger partial charge < -0.3 is 4.42 Å². The molecule has 0 spiro atoms. The largest absolute Gasteiger partial charge is 0.454 e. The van der Waals surface area contributed by atoms with Crippen molar-refractivity contribution in [2.75, 3.05) is 0 Å². The molecule has 1 aliphatic rings. The van der Waals surface area contributed by atoms with Crippen molar-refractivity contribution in [3.63, 3.8) is 0 Å². The van der Waals surface area contributed by atoms with E-state index in [4.69, 9.17) is 16.8 Å². The van der Waals surface area contributed by atoms with Gasteiger partial charge in [0.15, 0.2) is 6.20 Å². The predicted octanol–water partition coefficient (Wildman–Crippen LogP) is 9.40. The van der Waals surface area contributed by atoms with Gasteiger partial charge in [0.05, 0.1) is 22.7 Å². The third-order valence-electron chi connectivity index (χ3n) is 7.89. The molecule has 0 unspecified atom stereocenters. The van der Waals surface area contributed by atoms with Gasteiger partial charge in [-0.1, -0.05) is 69.4 Å². The minimum Gasteiger partial charge on any atom is -0.454 e. The topological polar surface area (TPSA) is 40.8 Å². The average molecular weight is 523 g/mol. The lowest BCUT2D eigenvalue weighted by Gasteiger charge is -2.22. The maximum Gasteiger partial charge on any atom is 0.216 e. The lowest BCUT2D eigenvalue weighted by molar-refractivity contribution is -0.660. The minimum atomic E-state index is -2.49. The first-order valence-electron chi connectivity index (χ1n) is 18.0. The fourth-order valence-corrected chi connectivity index (χ4v) is 5.80. The highest BCUT2D eigenvalue weighted by Crippen LogP contribution is 2.42. The van der Waals surface area contributed by atoms with Gasteiger partial charge in [-0.15, -0.1) is 0 Å². The first-order valence-corrected chi connectivity index (χ1v) is 13.5. The van der Waals surface area contributed by atoms with Crippen molar-refractivity contribution in [1.82, 2.24) is 0 Å². The van der Waals surface area contributed by atoms with Gasteiger partial charge in [0.25, 0.3) is 0 Å². The average Bonchev–Trinajstić information content (AvgIpc) is 3.38. The number of hydrogen-bond acceptors (Lipinski definition) is 2. The van der Waals surface area contributed by atoms with Crippen molar-refractivity contribution < 1.29 is 21.3 Å². The second-order valence-corrected chi connectivity index (χ2v) is 10.7. The predicted molar refractivity (Wildman–Crippen MR) is 160 cm³/mol. The highest BCUT2D eigenvalue weighted by Gasteiger charge is 2.25. The number of benzene rings is 3. The van der Waals surface area contributed by atoms with Crippen LogP contribution in [0.3, 0.4) is 0 Å². The van der Waals surface area contributed by atoms with E-state index in [0.717, 1.165) is 24.8 Å². The van der Waals surface area contributed by atoms with Crippen LogP contribution in [0.4, 0.5) is 0 Å². The summed E-state index contributed by atoms with van der Waals surface area (Å²) in [5, 5.41) is 11.5. The van der Waals surface area contributed by atoms with Crippen LogP contribution in [0.5, 0.6) is 0 Å². The fourth-order valence-electron chi connectivity index (χ4n) is 5.80. The second kappa shape index (κ2) is 10.0. The number of nitriles is 1. The number of hydrogen-bond donors (Lipinski definition) is 0. The molecular formula is C36H37N2O+. The molecular weight excluding hydrogens is 476 g/mol. The normalized spacial score (nSPS) is 19.1. The molecule has 196 valence electrons. The Morgan fingerprint density at radius 1 is 1.03 bits per heavy atom. The molecule has 1 aliphatic carbocycles. The molecule has 0 atom stereocenters. The molecule has 5 aromatic rings. The summed E-state index contributed by atoms with van der Waals surface area (Å²) in [6.07, 6.45) is 5.09. The Morgan fingerprint density at radius 2 is 1.72 bits per heavy atom. The quantitative estimate of drug-likeness (QED) is 0.221. The number of rotatable bonds is 4. The van der Waals surface area contributed by atoms with Gasteiger partial charge in [-0.05, 0) is 72.8 Å². The molecule has 0 radical (unpaired) electrons. The molecule has 6 rings (SSSR count). The number of furan rings is 1. The summed E-state index contributed by atoms with van der Waals surface area (Å²) in [6, 6.07) is 9.59. The van der Waals surface area contributed by atoms with Gasteiger partial charge in [0, 0.05) is 34.8 Å². The van der Waals surface area contributed by atoms with Crippen molar-refractivity contribution >= 4 is 21.9 Å². The van der Waals surface area contributed by atoms with Gasteiger partial charge in [-0.3, -0.25) is 0 Å². The first kappa shape index (κ1) is 16.9. The smallest absolute Gasteiger partial charge is 0.216 e. The zero-order valence-electron chi connectivity index (χ0n) is 31.8. The van der Waals surface area contributed by atoms with Crippen LogP contribution in [0.15, 0.2) is 65.1 Å². The molecule has 1 saturated carbocycles. The van der Waals surface area contributed by atoms with Crippen LogP contribution in [0, 0.1) is 25.1 Å². The zero-order valence-corrected chi connectivity index (χ0v) is 22.8. The Morgan fingerprint density at radius 3 is 2.38 bits per heavy atom. The maximum atomic E-state index is 10.2. The van der Waals surface area contributed by atoms with Crippen LogP contribution in [-0.4, -0.2) is 0 Å². The molecule has 0 amide bonds. The molecule has 39 heavy (non-hydrogen) atoms. The molecule has 3 heteroatoms. The lowest BCUT2D eigenvalue weighted by atomic mass is 9.83. The Bertz CT molecular complexity index is 2150. The summed E-state index contributed by atoms with van der Waals surface area (Å²) >= 11 is 0. The highest BCUT2D eigenvalue weighted by atomic mass is 16.3. The Kier molecular flexibility index (Phi) is 4.34. The minimum absolute atomic E-state index is 0.0597. The molecule has 1 fully saturated rings. The Hall–Kier alpha value is -3.90. The fraction of sp³-hybridized carbons (Fsp3) is 0.333. The lowest BCUT2D eigenvalue weighted by Crippen LogP contribution is -2.32. The third kappa shape index (κ3) is 4.33. The van der Waals surface area contributed by atoms with Gasteiger partial charge in [-0.2, -0.15) is 5.26 Å². The second-order valence-electron chi connectivity index (χ2n) is 10.7. The van der Waals surface area contributed by atoms with Crippen molar-refractivity contribution in [3.05, 3.63) is 88.5 Å². The number of nitrogens with zero attached hydrogens (tertiary/aromatic N) is 2. The van der Waals surface area contributed by atoms with Gasteiger partial charge in [0.1, 0.15) is 18.2 Å². The Labute approximate surface area is 244 Å². The van der Waals surface area contributed by atoms with Crippen LogP contribution in [0.2, 0.25) is 0 Å². The summed E-state index contributed by atoms with van der Waals surface area (Å²) in [4.78, 5) is 0. The van der Waals surface area contributed by atoms with Crippen molar-refractivity contribution in [2.45, 2.75) is 71.5 Å². The van der Waals surface area contributed by atoms with E-state index >= 15 is 0 Å². The third-order valence-corrected chi connectivity index (χ3v) is 7.89. The summed E-state index contributed by atoms with van der Waals surface area (Å²) in [6.45, 7) is 2.69. The molecule has 2 heterocycles. The monoisotopic (exact) mass is 522 g/mol.